The maximum Gasteiger partial charge on any atom is 0.240 e. The van der Waals surface area contributed by atoms with Crippen molar-refractivity contribution in [3.05, 3.63) is 29.6 Å². The van der Waals surface area contributed by atoms with Crippen molar-refractivity contribution in [2.45, 2.75) is 37.8 Å². The Balaban J connectivity index is 2.70. The first-order valence-electron chi connectivity index (χ1n) is 7.00. The highest BCUT2D eigenvalue weighted by Crippen LogP contribution is 2.14. The first kappa shape index (κ1) is 18.0. The van der Waals surface area contributed by atoms with E-state index in [-0.39, 0.29) is 17.0 Å². The van der Waals surface area contributed by atoms with Crippen molar-refractivity contribution < 1.29 is 12.8 Å². The van der Waals surface area contributed by atoms with E-state index < -0.39 is 15.8 Å². The molecule has 0 bridgehead atoms. The molecule has 5 nitrogen and oxygen atoms in total. The minimum atomic E-state index is -3.64. The molecule has 120 valence electrons. The number of nitrogens with zero attached hydrogens (tertiary/aromatic N) is 1. The topological polar surface area (TPSA) is 75.4 Å². The molecule has 0 aliphatic rings. The Morgan fingerprint density at radius 1 is 1.43 bits per heavy atom. The smallest absolute Gasteiger partial charge is 0.240 e. The first-order valence-corrected chi connectivity index (χ1v) is 8.48. The summed E-state index contributed by atoms with van der Waals surface area (Å²) in [5, 5.41) is 0. The zero-order valence-corrected chi connectivity index (χ0v) is 13.6. The number of benzene rings is 1. The third-order valence-electron chi connectivity index (χ3n) is 3.65. The largest absolute Gasteiger partial charge is 0.326 e. The monoisotopic (exact) mass is 317 g/mol. The summed E-state index contributed by atoms with van der Waals surface area (Å²) in [6, 6.07) is 4.04. The van der Waals surface area contributed by atoms with Gasteiger partial charge >= 0.3 is 0 Å². The Bertz CT molecular complexity index is 563. The van der Waals surface area contributed by atoms with Crippen LogP contribution in [0.4, 0.5) is 4.39 Å². The molecule has 0 aliphatic heterocycles. The van der Waals surface area contributed by atoms with Gasteiger partial charge < -0.3 is 10.6 Å². The molecule has 1 aromatic rings. The number of hydrogen-bond acceptors (Lipinski definition) is 4. The molecule has 0 fully saturated rings. The lowest BCUT2D eigenvalue weighted by molar-refractivity contribution is 0.256. The normalized spacial score (nSPS) is 13.6. The van der Waals surface area contributed by atoms with Gasteiger partial charge in [0, 0.05) is 31.2 Å². The fourth-order valence-electron chi connectivity index (χ4n) is 1.85. The number of nitrogens with one attached hydrogen (secondary N) is 1. The van der Waals surface area contributed by atoms with Gasteiger partial charge in [0.1, 0.15) is 5.82 Å². The van der Waals surface area contributed by atoms with Crippen molar-refractivity contribution in [2.75, 3.05) is 20.1 Å². The van der Waals surface area contributed by atoms with Gasteiger partial charge in [-0.05, 0) is 38.6 Å². The third-order valence-corrected chi connectivity index (χ3v) is 5.11. The van der Waals surface area contributed by atoms with Crippen molar-refractivity contribution >= 4 is 10.0 Å². The number of sulfonamides is 1. The molecule has 0 heterocycles. The predicted molar refractivity (Wildman–Crippen MR) is 81.9 cm³/mol. The van der Waals surface area contributed by atoms with Gasteiger partial charge in [0.05, 0.1) is 4.90 Å². The Hall–Kier alpha value is -1.02. The Morgan fingerprint density at radius 3 is 2.67 bits per heavy atom. The highest BCUT2D eigenvalue weighted by atomic mass is 32.2. The van der Waals surface area contributed by atoms with Gasteiger partial charge in [-0.15, -0.1) is 0 Å². The number of nitrogens with two attached hydrogens (primary N) is 1. The van der Waals surface area contributed by atoms with Gasteiger partial charge in [0.2, 0.25) is 10.0 Å². The van der Waals surface area contributed by atoms with Gasteiger partial charge in [0.15, 0.2) is 0 Å². The summed E-state index contributed by atoms with van der Waals surface area (Å²) in [7, 11) is -1.69. The van der Waals surface area contributed by atoms with E-state index in [1.807, 2.05) is 7.05 Å². The van der Waals surface area contributed by atoms with Crippen molar-refractivity contribution in [1.82, 2.24) is 9.62 Å². The van der Waals surface area contributed by atoms with Gasteiger partial charge in [-0.2, -0.15) is 0 Å². The second-order valence-electron chi connectivity index (χ2n) is 5.09. The summed E-state index contributed by atoms with van der Waals surface area (Å²) in [6.07, 6.45) is 1.00. The Kier molecular flexibility index (Phi) is 6.73. The van der Waals surface area contributed by atoms with Crippen LogP contribution in [0.1, 0.15) is 25.8 Å². The molecule has 0 amide bonds. The molecule has 21 heavy (non-hydrogen) atoms. The maximum absolute atomic E-state index is 13.3. The van der Waals surface area contributed by atoms with Crippen LogP contribution in [0.15, 0.2) is 23.1 Å². The second kappa shape index (κ2) is 7.84. The van der Waals surface area contributed by atoms with Crippen LogP contribution in [-0.2, 0) is 16.6 Å². The lowest BCUT2D eigenvalue weighted by Crippen LogP contribution is -2.37. The third kappa shape index (κ3) is 5.03. The molecule has 7 heteroatoms. The van der Waals surface area contributed by atoms with Gasteiger partial charge in [-0.1, -0.05) is 6.92 Å². The molecule has 1 atom stereocenters. The molecular weight excluding hydrogens is 293 g/mol. The molecular formula is C14H24FN3O2S. The van der Waals surface area contributed by atoms with Crippen molar-refractivity contribution in [2.24, 2.45) is 5.73 Å². The van der Waals surface area contributed by atoms with Gasteiger partial charge in [-0.25, -0.2) is 17.5 Å². The highest BCUT2D eigenvalue weighted by molar-refractivity contribution is 7.89. The molecule has 0 aromatic heterocycles. The number of rotatable bonds is 8. The standard InChI is InChI=1S/C14H24FN3O2S/c1-4-11(2)18(3)8-7-17-21(19,20)13-5-6-14(15)12(9-13)10-16/h5-6,9,11,17H,4,7-8,10,16H2,1-3H3. The quantitative estimate of drug-likeness (QED) is 0.758. The average Bonchev–Trinajstić information content (AvgIpc) is 2.46. The summed E-state index contributed by atoms with van der Waals surface area (Å²) >= 11 is 0. The Morgan fingerprint density at radius 2 is 2.10 bits per heavy atom. The van der Waals surface area contributed by atoms with Crippen LogP contribution in [0, 0.1) is 5.82 Å². The molecule has 0 saturated carbocycles. The minimum absolute atomic E-state index is 0.0358. The number of likely N-dealkylation sites (N-methyl/N-ethyl adjacent to an activating group) is 1. The van der Waals surface area contributed by atoms with Crippen LogP contribution in [0.5, 0.6) is 0 Å². The van der Waals surface area contributed by atoms with E-state index in [1.165, 1.54) is 12.1 Å². The van der Waals surface area contributed by atoms with Crippen LogP contribution in [0.3, 0.4) is 0 Å². The van der Waals surface area contributed by atoms with E-state index in [1.54, 1.807) is 0 Å². The summed E-state index contributed by atoms with van der Waals surface area (Å²) in [6.45, 7) is 5.05. The summed E-state index contributed by atoms with van der Waals surface area (Å²) in [5.74, 6) is -0.493. The average molecular weight is 317 g/mol. The van der Waals surface area contributed by atoms with E-state index in [0.29, 0.717) is 19.1 Å². The lowest BCUT2D eigenvalue weighted by Gasteiger charge is -2.23. The molecule has 0 radical (unpaired) electrons. The minimum Gasteiger partial charge on any atom is -0.326 e. The number of hydrogen-bond donors (Lipinski definition) is 2. The van der Waals surface area contributed by atoms with E-state index in [9.17, 15) is 12.8 Å². The van der Waals surface area contributed by atoms with Crippen molar-refractivity contribution in [3.63, 3.8) is 0 Å². The van der Waals surface area contributed by atoms with E-state index >= 15 is 0 Å². The number of halogens is 1. The van der Waals surface area contributed by atoms with Crippen LogP contribution < -0.4 is 10.5 Å². The van der Waals surface area contributed by atoms with Crippen molar-refractivity contribution in [1.29, 1.82) is 0 Å². The highest BCUT2D eigenvalue weighted by Gasteiger charge is 2.16. The van der Waals surface area contributed by atoms with E-state index in [4.69, 9.17) is 5.73 Å². The fraction of sp³-hybridized carbons (Fsp3) is 0.571. The molecule has 1 rings (SSSR count). The van der Waals surface area contributed by atoms with Crippen LogP contribution in [-0.4, -0.2) is 39.5 Å². The second-order valence-corrected chi connectivity index (χ2v) is 6.86. The van der Waals surface area contributed by atoms with E-state index in [2.05, 4.69) is 23.5 Å². The van der Waals surface area contributed by atoms with Gasteiger partial charge in [0.25, 0.3) is 0 Å². The maximum atomic E-state index is 13.3. The SMILES string of the molecule is CCC(C)N(C)CCNS(=O)(=O)c1ccc(F)c(CN)c1. The van der Waals surface area contributed by atoms with Gasteiger partial charge in [-0.3, -0.25) is 0 Å². The van der Waals surface area contributed by atoms with Crippen molar-refractivity contribution in [3.8, 4) is 0 Å². The zero-order chi connectivity index (χ0) is 16.0. The Labute approximate surface area is 126 Å². The lowest BCUT2D eigenvalue weighted by atomic mass is 10.2. The molecule has 0 saturated heterocycles. The van der Waals surface area contributed by atoms with Crippen LogP contribution in [0.25, 0.3) is 0 Å². The fourth-order valence-corrected chi connectivity index (χ4v) is 2.92. The molecule has 0 aliphatic carbocycles. The molecule has 1 aromatic carbocycles. The molecule has 0 spiro atoms. The van der Waals surface area contributed by atoms with Crippen LogP contribution >= 0.6 is 0 Å². The predicted octanol–water partition coefficient (Wildman–Crippen LogP) is 1.29. The molecule has 1 unspecified atom stereocenters. The summed E-state index contributed by atoms with van der Waals surface area (Å²) in [4.78, 5) is 2.12. The van der Waals surface area contributed by atoms with Crippen LogP contribution in [0.2, 0.25) is 0 Å². The zero-order valence-electron chi connectivity index (χ0n) is 12.8. The summed E-state index contributed by atoms with van der Waals surface area (Å²) in [5.41, 5.74) is 5.58. The molecule has 3 N–H and O–H groups in total. The van der Waals surface area contributed by atoms with E-state index in [0.717, 1.165) is 12.5 Å². The first-order chi connectivity index (χ1) is 9.81. The summed E-state index contributed by atoms with van der Waals surface area (Å²) < 4.78 is 40.1.